The maximum Gasteiger partial charge on any atom is 0.123 e. The van der Waals surface area contributed by atoms with E-state index in [9.17, 15) is 0 Å². The highest BCUT2D eigenvalue weighted by molar-refractivity contribution is 7.13. The molecule has 0 aliphatic heterocycles. The molecular formula is C14H14N2OS. The Hall–Kier alpha value is -1.86. The highest BCUT2D eigenvalue weighted by Crippen LogP contribution is 2.32. The maximum atomic E-state index is 8.66. The van der Waals surface area contributed by atoms with Crippen molar-refractivity contribution in [1.29, 1.82) is 5.26 Å². The zero-order chi connectivity index (χ0) is 13.1. The minimum atomic E-state index is 0.366. The van der Waals surface area contributed by atoms with Crippen LogP contribution in [0.2, 0.25) is 0 Å². The van der Waals surface area contributed by atoms with E-state index in [-0.39, 0.29) is 0 Å². The Balaban J connectivity index is 2.45. The van der Waals surface area contributed by atoms with Crippen molar-refractivity contribution in [2.45, 2.75) is 20.3 Å². The van der Waals surface area contributed by atoms with Gasteiger partial charge in [-0.2, -0.15) is 5.26 Å². The highest BCUT2D eigenvalue weighted by atomic mass is 32.1. The first kappa shape index (κ1) is 12.6. The quantitative estimate of drug-likeness (QED) is 0.846. The van der Waals surface area contributed by atoms with E-state index in [1.807, 2.05) is 24.4 Å². The average molecular weight is 258 g/mol. The standard InChI is InChI=1S/C14H14N2OS/c1-9-10(2)13(17-3)5-4-12(9)14-16-11(6-7-15)8-18-14/h4-5,8H,6H2,1-3H3. The molecule has 0 atom stereocenters. The molecule has 92 valence electrons. The average Bonchev–Trinajstić information content (AvgIpc) is 2.81. The molecule has 4 heteroatoms. The molecule has 0 aliphatic rings. The van der Waals surface area contributed by atoms with E-state index < -0.39 is 0 Å². The summed E-state index contributed by atoms with van der Waals surface area (Å²) >= 11 is 1.58. The van der Waals surface area contributed by atoms with Gasteiger partial charge in [0, 0.05) is 10.9 Å². The van der Waals surface area contributed by atoms with E-state index >= 15 is 0 Å². The van der Waals surface area contributed by atoms with Crippen molar-refractivity contribution in [2.75, 3.05) is 7.11 Å². The van der Waals surface area contributed by atoms with Crippen LogP contribution in [-0.2, 0) is 6.42 Å². The maximum absolute atomic E-state index is 8.66. The zero-order valence-corrected chi connectivity index (χ0v) is 11.5. The molecular weight excluding hydrogens is 244 g/mol. The molecule has 0 saturated carbocycles. The molecule has 2 rings (SSSR count). The van der Waals surface area contributed by atoms with Crippen molar-refractivity contribution in [3.8, 4) is 22.4 Å². The van der Waals surface area contributed by atoms with Gasteiger partial charge in [-0.25, -0.2) is 4.98 Å². The lowest BCUT2D eigenvalue weighted by Crippen LogP contribution is -1.93. The van der Waals surface area contributed by atoms with Crippen LogP contribution in [0.25, 0.3) is 10.6 Å². The Bertz CT molecular complexity index is 611. The molecule has 1 aromatic heterocycles. The predicted octanol–water partition coefficient (Wildman–Crippen LogP) is 3.50. The summed E-state index contributed by atoms with van der Waals surface area (Å²) in [7, 11) is 1.68. The summed E-state index contributed by atoms with van der Waals surface area (Å²) in [6.45, 7) is 4.11. The number of ether oxygens (including phenoxy) is 1. The van der Waals surface area contributed by atoms with E-state index in [0.29, 0.717) is 6.42 Å². The number of benzene rings is 1. The van der Waals surface area contributed by atoms with Gasteiger partial charge >= 0.3 is 0 Å². The molecule has 0 aliphatic carbocycles. The van der Waals surface area contributed by atoms with Crippen molar-refractivity contribution in [2.24, 2.45) is 0 Å². The van der Waals surface area contributed by atoms with Gasteiger partial charge in [0.2, 0.25) is 0 Å². The predicted molar refractivity (Wildman–Crippen MR) is 72.9 cm³/mol. The normalized spacial score (nSPS) is 10.1. The van der Waals surface area contributed by atoms with Gasteiger partial charge in [0.15, 0.2) is 0 Å². The molecule has 18 heavy (non-hydrogen) atoms. The molecule has 0 bridgehead atoms. The summed E-state index contributed by atoms with van der Waals surface area (Å²) in [6.07, 6.45) is 0.366. The van der Waals surface area contributed by atoms with Crippen LogP contribution in [0.15, 0.2) is 17.5 Å². The van der Waals surface area contributed by atoms with E-state index in [1.54, 1.807) is 18.4 Å². The summed E-state index contributed by atoms with van der Waals surface area (Å²) in [6, 6.07) is 6.10. The SMILES string of the molecule is COc1ccc(-c2nc(CC#N)cs2)c(C)c1C. The Morgan fingerprint density at radius 1 is 1.33 bits per heavy atom. The van der Waals surface area contributed by atoms with E-state index in [0.717, 1.165) is 27.6 Å². The minimum absolute atomic E-state index is 0.366. The van der Waals surface area contributed by atoms with Gasteiger partial charge in [-0.3, -0.25) is 0 Å². The fraction of sp³-hybridized carbons (Fsp3) is 0.286. The van der Waals surface area contributed by atoms with Crippen LogP contribution in [0.4, 0.5) is 0 Å². The second-order valence-corrected chi connectivity index (χ2v) is 4.90. The van der Waals surface area contributed by atoms with Crippen molar-refractivity contribution < 1.29 is 4.74 Å². The molecule has 0 N–H and O–H groups in total. The smallest absolute Gasteiger partial charge is 0.123 e. The van der Waals surface area contributed by atoms with Crippen molar-refractivity contribution >= 4 is 11.3 Å². The first-order valence-electron chi connectivity index (χ1n) is 5.63. The molecule has 0 amide bonds. The van der Waals surface area contributed by atoms with Gasteiger partial charge in [-0.1, -0.05) is 0 Å². The van der Waals surface area contributed by atoms with E-state index in [2.05, 4.69) is 18.0 Å². The molecule has 0 saturated heterocycles. The zero-order valence-electron chi connectivity index (χ0n) is 10.7. The largest absolute Gasteiger partial charge is 0.496 e. The van der Waals surface area contributed by atoms with Gasteiger partial charge in [-0.05, 0) is 37.1 Å². The molecule has 1 heterocycles. The van der Waals surface area contributed by atoms with Gasteiger partial charge in [0.05, 0.1) is 25.3 Å². The summed E-state index contributed by atoms with van der Waals surface area (Å²) in [5.41, 5.74) is 4.26. The lowest BCUT2D eigenvalue weighted by Gasteiger charge is -2.10. The number of hydrogen-bond acceptors (Lipinski definition) is 4. The van der Waals surface area contributed by atoms with Gasteiger partial charge < -0.3 is 4.74 Å². The summed E-state index contributed by atoms with van der Waals surface area (Å²) < 4.78 is 5.30. The van der Waals surface area contributed by atoms with Crippen LogP contribution >= 0.6 is 11.3 Å². The monoisotopic (exact) mass is 258 g/mol. The number of aromatic nitrogens is 1. The lowest BCUT2D eigenvalue weighted by atomic mass is 10.0. The number of thiazole rings is 1. The summed E-state index contributed by atoms with van der Waals surface area (Å²) in [5.74, 6) is 0.894. The number of methoxy groups -OCH3 is 1. The second-order valence-electron chi connectivity index (χ2n) is 4.04. The second kappa shape index (κ2) is 5.19. The Morgan fingerprint density at radius 3 is 2.78 bits per heavy atom. The van der Waals surface area contributed by atoms with E-state index in [1.165, 1.54) is 5.56 Å². The minimum Gasteiger partial charge on any atom is -0.496 e. The number of nitrogens with zero attached hydrogens (tertiary/aromatic N) is 2. The van der Waals surface area contributed by atoms with Crippen molar-refractivity contribution in [1.82, 2.24) is 4.98 Å². The Kier molecular flexibility index (Phi) is 3.63. The summed E-state index contributed by atoms with van der Waals surface area (Å²) in [4.78, 5) is 4.48. The van der Waals surface area contributed by atoms with Crippen LogP contribution in [-0.4, -0.2) is 12.1 Å². The van der Waals surface area contributed by atoms with Gasteiger partial charge in [0.1, 0.15) is 10.8 Å². The van der Waals surface area contributed by atoms with Crippen LogP contribution in [0.3, 0.4) is 0 Å². The molecule has 0 unspecified atom stereocenters. The fourth-order valence-corrected chi connectivity index (χ4v) is 2.74. The van der Waals surface area contributed by atoms with E-state index in [4.69, 9.17) is 10.00 Å². The van der Waals surface area contributed by atoms with Crippen molar-refractivity contribution in [3.05, 3.63) is 34.3 Å². The first-order valence-corrected chi connectivity index (χ1v) is 6.51. The third kappa shape index (κ3) is 2.22. The number of rotatable bonds is 3. The number of hydrogen-bond donors (Lipinski definition) is 0. The highest BCUT2D eigenvalue weighted by Gasteiger charge is 2.11. The number of nitriles is 1. The molecule has 1 aromatic carbocycles. The van der Waals surface area contributed by atoms with Crippen LogP contribution in [0, 0.1) is 25.2 Å². The molecule has 3 nitrogen and oxygen atoms in total. The van der Waals surface area contributed by atoms with Crippen LogP contribution in [0.5, 0.6) is 5.75 Å². The molecule has 0 fully saturated rings. The van der Waals surface area contributed by atoms with Crippen LogP contribution in [0.1, 0.15) is 16.8 Å². The van der Waals surface area contributed by atoms with Gasteiger partial charge in [0.25, 0.3) is 0 Å². The van der Waals surface area contributed by atoms with Gasteiger partial charge in [-0.15, -0.1) is 11.3 Å². The third-order valence-electron chi connectivity index (χ3n) is 3.00. The van der Waals surface area contributed by atoms with Crippen molar-refractivity contribution in [3.63, 3.8) is 0 Å². The first-order chi connectivity index (χ1) is 8.67. The summed E-state index contributed by atoms with van der Waals surface area (Å²) in [5, 5.41) is 11.6. The molecule has 0 spiro atoms. The third-order valence-corrected chi connectivity index (χ3v) is 3.92. The lowest BCUT2D eigenvalue weighted by molar-refractivity contribution is 0.411. The molecule has 2 aromatic rings. The Morgan fingerprint density at radius 2 is 2.11 bits per heavy atom. The topological polar surface area (TPSA) is 45.9 Å². The van der Waals surface area contributed by atoms with Crippen LogP contribution < -0.4 is 4.74 Å². The molecule has 0 radical (unpaired) electrons. The Labute approximate surface area is 111 Å². The fourth-order valence-electron chi connectivity index (χ4n) is 1.84.